The van der Waals surface area contributed by atoms with Gasteiger partial charge in [0.1, 0.15) is 5.82 Å². The molecule has 0 aliphatic carbocycles. The molecule has 3 aromatic carbocycles. The van der Waals surface area contributed by atoms with Gasteiger partial charge in [0.25, 0.3) is 0 Å². The van der Waals surface area contributed by atoms with Crippen LogP contribution in [0.25, 0.3) is 11.0 Å². The second-order valence-electron chi connectivity index (χ2n) is 13.7. The molecule has 0 spiro atoms. The number of benzene rings is 3. The van der Waals surface area contributed by atoms with E-state index in [0.29, 0.717) is 56.0 Å². The predicted octanol–water partition coefficient (Wildman–Crippen LogP) is 6.48. The van der Waals surface area contributed by atoms with Crippen molar-refractivity contribution < 1.29 is 28.1 Å². The number of imidazole rings is 1. The molecule has 6 rings (SSSR count). The Labute approximate surface area is 300 Å². The summed E-state index contributed by atoms with van der Waals surface area (Å²) >= 11 is 0. The first kappa shape index (κ1) is 36.4. The van der Waals surface area contributed by atoms with Crippen molar-refractivity contribution in [2.45, 2.75) is 58.0 Å². The molecule has 2 fully saturated rings. The van der Waals surface area contributed by atoms with E-state index in [-0.39, 0.29) is 11.7 Å². The number of hydrogen-bond donors (Lipinski definition) is 1. The number of ether oxygens (including phenoxy) is 4. The number of nitrogens with zero attached hydrogens (tertiary/aromatic N) is 4. The summed E-state index contributed by atoms with van der Waals surface area (Å²) in [7, 11) is 4.77. The molecule has 2 aliphatic heterocycles. The SMILES string of the molecule is CCOCCN(c1nc2ccccc2[nH]1)C1CCN(CCCC2(Cc3ccc(F)cc3)CCN(Cc3cc(OC)c(OC)c(OC)c3)C2=O)CC1. The quantitative estimate of drug-likeness (QED) is 0.125. The third kappa shape index (κ3) is 8.42. The maximum absolute atomic E-state index is 14.4. The Hall–Kier alpha value is -4.35. The van der Waals surface area contributed by atoms with Gasteiger partial charge in [-0.25, -0.2) is 9.37 Å². The first-order chi connectivity index (χ1) is 24.9. The molecule has 51 heavy (non-hydrogen) atoms. The summed E-state index contributed by atoms with van der Waals surface area (Å²) < 4.78 is 36.2. The van der Waals surface area contributed by atoms with E-state index in [4.69, 9.17) is 23.9 Å². The number of carbonyl (C=O) groups excluding carboxylic acids is 1. The maximum Gasteiger partial charge on any atom is 0.229 e. The fourth-order valence-electron chi connectivity index (χ4n) is 7.91. The molecule has 11 heteroatoms. The standard InChI is InChI=1S/C40H52FN5O5/c1-5-51-24-23-46(39-42-33-9-6-7-10-34(33)43-39)32-15-20-44(21-16-32)19-8-17-40(27-29-11-13-31(41)14-12-29)18-22-45(38(40)47)28-30-25-35(48-2)37(50-4)36(26-30)49-3/h6-7,9-14,25-26,32H,5,8,15-24,27-28H2,1-4H3,(H,42,43). The number of carbonyl (C=O) groups is 1. The van der Waals surface area contributed by atoms with E-state index in [0.717, 1.165) is 86.4 Å². The van der Waals surface area contributed by atoms with Crippen molar-refractivity contribution in [3.8, 4) is 17.2 Å². The summed E-state index contributed by atoms with van der Waals surface area (Å²) in [5.41, 5.74) is 3.37. The lowest BCUT2D eigenvalue weighted by Gasteiger charge is -2.39. The number of aromatic nitrogens is 2. The zero-order valence-corrected chi connectivity index (χ0v) is 30.5. The minimum absolute atomic E-state index is 0.148. The first-order valence-corrected chi connectivity index (χ1v) is 18.2. The Kier molecular flexibility index (Phi) is 12.0. The molecule has 1 aromatic heterocycles. The van der Waals surface area contributed by atoms with Gasteiger partial charge in [-0.05, 0) is 99.5 Å². The fraction of sp³-hybridized carbons (Fsp3) is 0.500. The number of methoxy groups -OCH3 is 3. The molecule has 4 aromatic rings. The van der Waals surface area contributed by atoms with Crippen LogP contribution in [0.15, 0.2) is 60.7 Å². The molecule has 10 nitrogen and oxygen atoms in total. The highest BCUT2D eigenvalue weighted by Crippen LogP contribution is 2.43. The summed E-state index contributed by atoms with van der Waals surface area (Å²) in [6.07, 6.45) is 5.09. The van der Waals surface area contributed by atoms with E-state index in [9.17, 15) is 9.18 Å². The number of nitrogens with one attached hydrogen (secondary N) is 1. The van der Waals surface area contributed by atoms with E-state index in [1.165, 1.54) is 12.1 Å². The van der Waals surface area contributed by atoms with Gasteiger partial charge < -0.3 is 38.6 Å². The topological polar surface area (TPSA) is 92.4 Å². The third-order valence-electron chi connectivity index (χ3n) is 10.6. The van der Waals surface area contributed by atoms with Crippen LogP contribution in [0.5, 0.6) is 17.2 Å². The minimum Gasteiger partial charge on any atom is -0.493 e. The number of fused-ring (bicyclic) bond motifs is 1. The van der Waals surface area contributed by atoms with E-state index in [1.807, 2.05) is 54.3 Å². The Bertz CT molecular complexity index is 1680. The largest absolute Gasteiger partial charge is 0.493 e. The van der Waals surface area contributed by atoms with Crippen LogP contribution in [0.4, 0.5) is 10.3 Å². The fourth-order valence-corrected chi connectivity index (χ4v) is 7.91. The predicted molar refractivity (Wildman–Crippen MR) is 197 cm³/mol. The molecular formula is C40H52FN5O5. The van der Waals surface area contributed by atoms with E-state index in [2.05, 4.69) is 20.9 Å². The normalized spacial score (nSPS) is 18.5. The molecule has 2 aliphatic rings. The second kappa shape index (κ2) is 16.8. The Balaban J connectivity index is 1.10. The molecule has 1 N–H and O–H groups in total. The number of likely N-dealkylation sites (tertiary alicyclic amines) is 2. The van der Waals surface area contributed by atoms with Crippen molar-refractivity contribution in [1.82, 2.24) is 19.8 Å². The smallest absolute Gasteiger partial charge is 0.229 e. The average Bonchev–Trinajstić information content (AvgIpc) is 3.71. The molecule has 0 saturated carbocycles. The first-order valence-electron chi connectivity index (χ1n) is 18.2. The Morgan fingerprint density at radius 1 is 0.961 bits per heavy atom. The molecule has 1 amide bonds. The van der Waals surface area contributed by atoms with Crippen LogP contribution in [0.1, 0.15) is 50.2 Å². The summed E-state index contributed by atoms with van der Waals surface area (Å²) in [6.45, 7) is 8.18. The number of halogens is 1. The summed E-state index contributed by atoms with van der Waals surface area (Å²) in [6, 6.07) is 19.0. The highest BCUT2D eigenvalue weighted by atomic mass is 19.1. The van der Waals surface area contributed by atoms with E-state index < -0.39 is 5.41 Å². The number of rotatable bonds is 17. The third-order valence-corrected chi connectivity index (χ3v) is 10.6. The lowest BCUT2D eigenvalue weighted by molar-refractivity contribution is -0.137. The van der Waals surface area contributed by atoms with E-state index >= 15 is 0 Å². The van der Waals surface area contributed by atoms with Crippen molar-refractivity contribution in [3.63, 3.8) is 0 Å². The van der Waals surface area contributed by atoms with Gasteiger partial charge in [0.05, 0.1) is 44.4 Å². The van der Waals surface area contributed by atoms with Gasteiger partial charge in [-0.1, -0.05) is 24.3 Å². The van der Waals surface area contributed by atoms with Crippen LogP contribution in [0, 0.1) is 11.2 Å². The number of amides is 1. The van der Waals surface area contributed by atoms with Gasteiger partial charge in [0, 0.05) is 45.4 Å². The summed E-state index contributed by atoms with van der Waals surface area (Å²) in [5, 5.41) is 0. The van der Waals surface area contributed by atoms with Crippen LogP contribution in [0.3, 0.4) is 0 Å². The van der Waals surface area contributed by atoms with Crippen molar-refractivity contribution in [2.75, 3.05) is 72.2 Å². The van der Waals surface area contributed by atoms with Gasteiger partial charge in [0.15, 0.2) is 11.5 Å². The molecule has 274 valence electrons. The molecule has 2 saturated heterocycles. The van der Waals surface area contributed by atoms with Crippen molar-refractivity contribution in [3.05, 3.63) is 77.6 Å². The lowest BCUT2D eigenvalue weighted by atomic mass is 9.76. The van der Waals surface area contributed by atoms with Crippen molar-refractivity contribution >= 4 is 22.9 Å². The Morgan fingerprint density at radius 2 is 1.69 bits per heavy atom. The van der Waals surface area contributed by atoms with Gasteiger partial charge in [-0.15, -0.1) is 0 Å². The minimum atomic E-state index is -0.547. The number of H-pyrrole nitrogens is 1. The van der Waals surface area contributed by atoms with Crippen molar-refractivity contribution in [2.24, 2.45) is 5.41 Å². The van der Waals surface area contributed by atoms with Crippen LogP contribution < -0.4 is 19.1 Å². The zero-order valence-electron chi connectivity index (χ0n) is 30.5. The number of para-hydroxylation sites is 2. The number of aromatic amines is 1. The van der Waals surface area contributed by atoms with Gasteiger partial charge in [-0.3, -0.25) is 4.79 Å². The highest BCUT2D eigenvalue weighted by molar-refractivity contribution is 5.85. The van der Waals surface area contributed by atoms with Crippen LogP contribution in [-0.4, -0.2) is 99.0 Å². The molecule has 3 heterocycles. The molecule has 0 radical (unpaired) electrons. The van der Waals surface area contributed by atoms with Crippen LogP contribution in [-0.2, 0) is 22.5 Å². The Morgan fingerprint density at radius 3 is 2.35 bits per heavy atom. The molecule has 0 bridgehead atoms. The summed E-state index contributed by atoms with van der Waals surface area (Å²) in [4.78, 5) is 29.7. The number of hydrogen-bond acceptors (Lipinski definition) is 8. The lowest BCUT2D eigenvalue weighted by Crippen LogP contribution is -2.47. The second-order valence-corrected chi connectivity index (χ2v) is 13.7. The van der Waals surface area contributed by atoms with E-state index in [1.54, 1.807) is 21.3 Å². The molecule has 1 unspecified atom stereocenters. The molecule has 1 atom stereocenters. The van der Waals surface area contributed by atoms with Crippen LogP contribution >= 0.6 is 0 Å². The zero-order chi connectivity index (χ0) is 35.8. The highest BCUT2D eigenvalue weighted by Gasteiger charge is 2.46. The number of piperidine rings is 1. The monoisotopic (exact) mass is 701 g/mol. The van der Waals surface area contributed by atoms with Gasteiger partial charge >= 0.3 is 0 Å². The number of anilines is 1. The van der Waals surface area contributed by atoms with Crippen molar-refractivity contribution in [1.29, 1.82) is 0 Å². The van der Waals surface area contributed by atoms with Crippen LogP contribution in [0.2, 0.25) is 0 Å². The van der Waals surface area contributed by atoms with Gasteiger partial charge in [-0.2, -0.15) is 0 Å². The molecular weight excluding hydrogens is 649 g/mol. The van der Waals surface area contributed by atoms with Gasteiger partial charge in [0.2, 0.25) is 17.6 Å². The average molecular weight is 702 g/mol. The summed E-state index contributed by atoms with van der Waals surface area (Å²) in [5.74, 6) is 2.45. The maximum atomic E-state index is 14.4.